The van der Waals surface area contributed by atoms with Crippen molar-refractivity contribution < 1.29 is 4.79 Å². The van der Waals surface area contributed by atoms with Gasteiger partial charge in [-0.3, -0.25) is 9.69 Å². The molecule has 2 atom stereocenters. The lowest BCUT2D eigenvalue weighted by atomic mass is 9.95. The van der Waals surface area contributed by atoms with Crippen molar-refractivity contribution in [2.45, 2.75) is 52.0 Å². The summed E-state index contributed by atoms with van der Waals surface area (Å²) < 4.78 is 0. The van der Waals surface area contributed by atoms with Crippen LogP contribution in [0, 0.1) is 5.92 Å². The first-order valence-corrected chi connectivity index (χ1v) is 6.58. The highest BCUT2D eigenvalue weighted by molar-refractivity contribution is 5.83. The molecule has 1 heterocycles. The van der Waals surface area contributed by atoms with Crippen molar-refractivity contribution in [2.24, 2.45) is 5.92 Å². The molecule has 0 amide bonds. The second-order valence-corrected chi connectivity index (χ2v) is 5.45. The summed E-state index contributed by atoms with van der Waals surface area (Å²) in [5.74, 6) is 0.877. The summed E-state index contributed by atoms with van der Waals surface area (Å²) >= 11 is 0. The van der Waals surface area contributed by atoms with Crippen LogP contribution >= 0.6 is 0 Å². The van der Waals surface area contributed by atoms with Gasteiger partial charge in [0.15, 0.2) is 0 Å². The Hall–Kier alpha value is -0.630. The lowest BCUT2D eigenvalue weighted by Gasteiger charge is -2.27. The van der Waals surface area contributed by atoms with E-state index in [0.717, 1.165) is 25.8 Å². The van der Waals surface area contributed by atoms with Crippen molar-refractivity contribution >= 4 is 5.78 Å². The van der Waals surface area contributed by atoms with Crippen molar-refractivity contribution in [3.05, 3.63) is 11.6 Å². The van der Waals surface area contributed by atoms with Gasteiger partial charge in [0.25, 0.3) is 0 Å². The number of hydrogen-bond acceptors (Lipinski definition) is 2. The highest BCUT2D eigenvalue weighted by Gasteiger charge is 2.37. The maximum absolute atomic E-state index is 11.8. The normalized spacial score (nSPS) is 31.0. The second-order valence-electron chi connectivity index (χ2n) is 5.45. The average molecular weight is 221 g/mol. The van der Waals surface area contributed by atoms with E-state index >= 15 is 0 Å². The van der Waals surface area contributed by atoms with Crippen LogP contribution in [0.4, 0.5) is 0 Å². The van der Waals surface area contributed by atoms with E-state index in [1.165, 1.54) is 25.0 Å². The first-order valence-electron chi connectivity index (χ1n) is 6.58. The van der Waals surface area contributed by atoms with E-state index in [4.69, 9.17) is 0 Å². The molecule has 1 aliphatic carbocycles. The minimum atomic E-state index is 0.355. The van der Waals surface area contributed by atoms with Gasteiger partial charge in [0.2, 0.25) is 0 Å². The first-order chi connectivity index (χ1) is 7.68. The molecule has 2 unspecified atom stereocenters. The zero-order valence-electron chi connectivity index (χ0n) is 10.5. The van der Waals surface area contributed by atoms with Gasteiger partial charge in [-0.25, -0.2) is 0 Å². The Morgan fingerprint density at radius 1 is 1.38 bits per heavy atom. The van der Waals surface area contributed by atoms with Gasteiger partial charge >= 0.3 is 0 Å². The van der Waals surface area contributed by atoms with Crippen LogP contribution in [-0.4, -0.2) is 29.8 Å². The number of carbonyl (C=O) groups excluding carboxylic acids is 1. The van der Waals surface area contributed by atoms with Crippen molar-refractivity contribution in [3.8, 4) is 0 Å². The number of likely N-dealkylation sites (tertiary alicyclic amines) is 1. The number of allylic oxidation sites excluding steroid dienone is 1. The number of rotatable bonds is 3. The van der Waals surface area contributed by atoms with Gasteiger partial charge in [-0.05, 0) is 46.1 Å². The van der Waals surface area contributed by atoms with Crippen LogP contribution in [0.25, 0.3) is 0 Å². The lowest BCUT2D eigenvalue weighted by Crippen LogP contribution is -2.37. The standard InChI is InChI=1S/C14H23NO/c1-11(2)8-10-15-9-4-6-13(15)12-5-3-7-14(12)16/h8,12-13H,3-7,9-10H2,1-2H3. The van der Waals surface area contributed by atoms with Crippen LogP contribution in [-0.2, 0) is 4.79 Å². The summed E-state index contributed by atoms with van der Waals surface area (Å²) in [5.41, 5.74) is 1.38. The van der Waals surface area contributed by atoms with E-state index in [-0.39, 0.29) is 0 Å². The van der Waals surface area contributed by atoms with Gasteiger partial charge in [0.05, 0.1) is 0 Å². The molecular formula is C14H23NO. The summed E-state index contributed by atoms with van der Waals surface area (Å²) in [7, 11) is 0. The molecule has 1 saturated carbocycles. The summed E-state index contributed by atoms with van der Waals surface area (Å²) in [6.07, 6.45) is 7.87. The molecule has 90 valence electrons. The summed E-state index contributed by atoms with van der Waals surface area (Å²) in [6, 6.07) is 0.547. The largest absolute Gasteiger partial charge is 0.299 e. The maximum atomic E-state index is 11.8. The van der Waals surface area contributed by atoms with Crippen molar-refractivity contribution in [1.82, 2.24) is 4.90 Å². The molecule has 2 rings (SSSR count). The second kappa shape index (κ2) is 5.13. The minimum Gasteiger partial charge on any atom is -0.299 e. The molecule has 0 radical (unpaired) electrons. The molecule has 1 aliphatic heterocycles. The van der Waals surface area contributed by atoms with Gasteiger partial charge in [-0.2, -0.15) is 0 Å². The quantitative estimate of drug-likeness (QED) is 0.683. The monoisotopic (exact) mass is 221 g/mol. The molecule has 2 heteroatoms. The fourth-order valence-electron chi connectivity index (χ4n) is 3.08. The highest BCUT2D eigenvalue weighted by Crippen LogP contribution is 2.33. The van der Waals surface area contributed by atoms with Gasteiger partial charge in [0, 0.05) is 24.9 Å². The van der Waals surface area contributed by atoms with E-state index in [9.17, 15) is 4.79 Å². The Morgan fingerprint density at radius 2 is 2.19 bits per heavy atom. The highest BCUT2D eigenvalue weighted by atomic mass is 16.1. The van der Waals surface area contributed by atoms with Gasteiger partial charge in [0.1, 0.15) is 5.78 Å². The van der Waals surface area contributed by atoms with Crippen LogP contribution < -0.4 is 0 Å². The molecule has 2 fully saturated rings. The van der Waals surface area contributed by atoms with E-state index in [2.05, 4.69) is 24.8 Å². The lowest BCUT2D eigenvalue weighted by molar-refractivity contribution is -0.122. The van der Waals surface area contributed by atoms with Gasteiger partial charge in [-0.1, -0.05) is 11.6 Å². The summed E-state index contributed by atoms with van der Waals surface area (Å²) in [4.78, 5) is 14.3. The van der Waals surface area contributed by atoms with Crippen LogP contribution in [0.3, 0.4) is 0 Å². The Kier molecular flexibility index (Phi) is 3.80. The van der Waals surface area contributed by atoms with Crippen molar-refractivity contribution in [1.29, 1.82) is 0 Å². The third-order valence-corrected chi connectivity index (χ3v) is 3.96. The molecule has 0 bridgehead atoms. The maximum Gasteiger partial charge on any atom is 0.137 e. The van der Waals surface area contributed by atoms with Gasteiger partial charge in [-0.15, -0.1) is 0 Å². The fraction of sp³-hybridized carbons (Fsp3) is 0.786. The predicted octanol–water partition coefficient (Wildman–Crippen LogP) is 2.79. The number of nitrogens with zero attached hydrogens (tertiary/aromatic N) is 1. The van der Waals surface area contributed by atoms with Crippen LogP contribution in [0.2, 0.25) is 0 Å². The molecule has 0 aromatic rings. The molecule has 1 saturated heterocycles. The Labute approximate surface area is 98.7 Å². The van der Waals surface area contributed by atoms with E-state index in [1.54, 1.807) is 0 Å². The van der Waals surface area contributed by atoms with E-state index in [0.29, 0.717) is 17.7 Å². The molecule has 0 N–H and O–H groups in total. The zero-order chi connectivity index (χ0) is 11.5. The molecule has 2 nitrogen and oxygen atoms in total. The average Bonchev–Trinajstić information content (AvgIpc) is 2.82. The number of hydrogen-bond donors (Lipinski definition) is 0. The number of carbonyl (C=O) groups is 1. The molecule has 2 aliphatic rings. The Balaban J connectivity index is 1.97. The summed E-state index contributed by atoms with van der Waals surface area (Å²) in [6.45, 7) is 6.51. The van der Waals surface area contributed by atoms with Crippen molar-refractivity contribution in [3.63, 3.8) is 0 Å². The van der Waals surface area contributed by atoms with Gasteiger partial charge < -0.3 is 0 Å². The summed E-state index contributed by atoms with van der Waals surface area (Å²) in [5, 5.41) is 0. The molecular weight excluding hydrogens is 198 g/mol. The number of Topliss-reactive ketones (excluding diaryl/α,β-unsaturated/α-hetero) is 1. The zero-order valence-corrected chi connectivity index (χ0v) is 10.5. The fourth-order valence-corrected chi connectivity index (χ4v) is 3.08. The molecule has 0 aromatic heterocycles. The smallest absolute Gasteiger partial charge is 0.137 e. The van der Waals surface area contributed by atoms with Crippen LogP contribution in [0.5, 0.6) is 0 Å². The van der Waals surface area contributed by atoms with E-state index < -0.39 is 0 Å². The Bertz CT molecular complexity index is 291. The Morgan fingerprint density at radius 3 is 2.81 bits per heavy atom. The minimum absolute atomic E-state index is 0.355. The number of ketones is 1. The molecule has 16 heavy (non-hydrogen) atoms. The molecule has 0 spiro atoms. The predicted molar refractivity (Wildman–Crippen MR) is 66.4 cm³/mol. The van der Waals surface area contributed by atoms with E-state index in [1.807, 2.05) is 0 Å². The third kappa shape index (κ3) is 2.54. The van der Waals surface area contributed by atoms with Crippen molar-refractivity contribution in [2.75, 3.05) is 13.1 Å². The third-order valence-electron chi connectivity index (χ3n) is 3.96. The first kappa shape index (κ1) is 11.8. The van der Waals surface area contributed by atoms with Crippen LogP contribution in [0.1, 0.15) is 46.0 Å². The molecule has 0 aromatic carbocycles. The topological polar surface area (TPSA) is 20.3 Å². The SMILES string of the molecule is CC(C)=CCN1CCCC1C1CCCC1=O. The van der Waals surface area contributed by atoms with Crippen LogP contribution in [0.15, 0.2) is 11.6 Å².